The van der Waals surface area contributed by atoms with Crippen molar-refractivity contribution in [3.8, 4) is 11.5 Å². The molecule has 3 aromatic rings. The molecule has 0 spiro atoms. The van der Waals surface area contributed by atoms with Crippen molar-refractivity contribution in [2.24, 2.45) is 0 Å². The molecule has 3 aromatic carbocycles. The molecule has 0 bridgehead atoms. The van der Waals surface area contributed by atoms with Gasteiger partial charge in [-0.2, -0.15) is 0 Å². The number of phenols is 1. The van der Waals surface area contributed by atoms with Crippen LogP contribution in [-0.4, -0.2) is 12.2 Å². The minimum absolute atomic E-state index is 0.230. The van der Waals surface area contributed by atoms with Crippen molar-refractivity contribution in [2.45, 2.75) is 13.5 Å². The molecule has 0 amide bonds. The number of nitrogens with one attached hydrogen (secondary N) is 1. The van der Waals surface area contributed by atoms with E-state index in [9.17, 15) is 5.11 Å². The number of hydrogen-bond donors (Lipinski definition) is 2. The van der Waals surface area contributed by atoms with Gasteiger partial charge in [0.1, 0.15) is 0 Å². The SMILES string of the molecule is COc1cccc(Pc2c(C)cccc2CNc2ccccc2)c1O. The van der Waals surface area contributed by atoms with Gasteiger partial charge in [0.15, 0.2) is 11.5 Å². The Kier molecular flexibility index (Phi) is 5.57. The third kappa shape index (κ3) is 4.12. The largest absolute Gasteiger partial charge is 0.504 e. The van der Waals surface area contributed by atoms with E-state index in [-0.39, 0.29) is 5.75 Å². The highest BCUT2D eigenvalue weighted by atomic mass is 31.1. The van der Waals surface area contributed by atoms with Gasteiger partial charge in [0.05, 0.1) is 7.11 Å². The van der Waals surface area contributed by atoms with Crippen LogP contribution in [-0.2, 0) is 6.54 Å². The Balaban J connectivity index is 1.86. The zero-order valence-electron chi connectivity index (χ0n) is 14.4. The number of methoxy groups -OCH3 is 1. The third-order valence-corrected chi connectivity index (χ3v) is 5.73. The highest BCUT2D eigenvalue weighted by molar-refractivity contribution is 7.56. The summed E-state index contributed by atoms with van der Waals surface area (Å²) in [6, 6.07) is 22.2. The fourth-order valence-corrected chi connectivity index (χ4v) is 4.03. The van der Waals surface area contributed by atoms with Crippen LogP contribution in [0, 0.1) is 6.92 Å². The summed E-state index contributed by atoms with van der Waals surface area (Å²) in [5, 5.41) is 16.0. The minimum Gasteiger partial charge on any atom is -0.504 e. The summed E-state index contributed by atoms with van der Waals surface area (Å²) < 4.78 is 5.23. The van der Waals surface area contributed by atoms with Crippen LogP contribution in [0.3, 0.4) is 0 Å². The van der Waals surface area contributed by atoms with Crippen LogP contribution in [0.2, 0.25) is 0 Å². The normalized spacial score (nSPS) is 11.0. The van der Waals surface area contributed by atoms with Crippen molar-refractivity contribution in [2.75, 3.05) is 12.4 Å². The molecular formula is C21H22NO2P. The van der Waals surface area contributed by atoms with E-state index in [1.165, 1.54) is 16.4 Å². The molecule has 0 aliphatic heterocycles. The van der Waals surface area contributed by atoms with Gasteiger partial charge in [0, 0.05) is 17.5 Å². The molecule has 0 saturated heterocycles. The van der Waals surface area contributed by atoms with Crippen LogP contribution in [0.4, 0.5) is 5.69 Å². The quantitative estimate of drug-likeness (QED) is 0.661. The average molecular weight is 351 g/mol. The lowest BCUT2D eigenvalue weighted by Gasteiger charge is -2.16. The van der Waals surface area contributed by atoms with E-state index in [2.05, 4.69) is 42.6 Å². The number of aromatic hydroxyl groups is 1. The van der Waals surface area contributed by atoms with Gasteiger partial charge >= 0.3 is 0 Å². The number of benzene rings is 3. The summed E-state index contributed by atoms with van der Waals surface area (Å²) in [5.41, 5.74) is 3.57. The number of ether oxygens (including phenoxy) is 1. The topological polar surface area (TPSA) is 41.5 Å². The molecule has 1 unspecified atom stereocenters. The van der Waals surface area contributed by atoms with Crippen molar-refractivity contribution in [1.82, 2.24) is 0 Å². The summed E-state index contributed by atoms with van der Waals surface area (Å²) in [5.74, 6) is 0.746. The number of phenolic OH excluding ortho intramolecular Hbond substituents is 1. The fourth-order valence-electron chi connectivity index (χ4n) is 2.73. The number of para-hydroxylation sites is 2. The number of anilines is 1. The Bertz CT molecular complexity index is 850. The number of rotatable bonds is 6. The highest BCUT2D eigenvalue weighted by Crippen LogP contribution is 2.29. The molecule has 1 atom stereocenters. The first-order valence-corrected chi connectivity index (χ1v) is 9.19. The molecule has 0 aliphatic rings. The van der Waals surface area contributed by atoms with E-state index >= 15 is 0 Å². The van der Waals surface area contributed by atoms with E-state index in [1.807, 2.05) is 30.3 Å². The Morgan fingerprint density at radius 1 is 0.960 bits per heavy atom. The average Bonchev–Trinajstić information content (AvgIpc) is 2.64. The monoisotopic (exact) mass is 351 g/mol. The molecule has 128 valence electrons. The first-order valence-electron chi connectivity index (χ1n) is 8.19. The van der Waals surface area contributed by atoms with Crippen LogP contribution in [0.1, 0.15) is 11.1 Å². The van der Waals surface area contributed by atoms with Crippen molar-refractivity contribution in [3.63, 3.8) is 0 Å². The Morgan fingerprint density at radius 3 is 2.48 bits per heavy atom. The van der Waals surface area contributed by atoms with Crippen molar-refractivity contribution in [1.29, 1.82) is 0 Å². The first-order chi connectivity index (χ1) is 12.2. The number of aryl methyl sites for hydroxylation is 1. The molecule has 0 fully saturated rings. The molecule has 0 heterocycles. The number of hydrogen-bond acceptors (Lipinski definition) is 3. The van der Waals surface area contributed by atoms with Crippen LogP contribution in [0.15, 0.2) is 66.7 Å². The van der Waals surface area contributed by atoms with Gasteiger partial charge in [-0.1, -0.05) is 57.1 Å². The van der Waals surface area contributed by atoms with Gasteiger partial charge in [0.25, 0.3) is 0 Å². The maximum Gasteiger partial charge on any atom is 0.165 e. The molecule has 25 heavy (non-hydrogen) atoms. The molecule has 0 aromatic heterocycles. The lowest BCUT2D eigenvalue weighted by molar-refractivity contribution is 0.375. The van der Waals surface area contributed by atoms with Crippen LogP contribution >= 0.6 is 8.58 Å². The van der Waals surface area contributed by atoms with Gasteiger partial charge in [-0.05, 0) is 41.6 Å². The van der Waals surface area contributed by atoms with E-state index < -0.39 is 0 Å². The Morgan fingerprint density at radius 2 is 1.72 bits per heavy atom. The van der Waals surface area contributed by atoms with Crippen molar-refractivity contribution < 1.29 is 9.84 Å². The fraction of sp³-hybridized carbons (Fsp3) is 0.143. The third-order valence-electron chi connectivity index (χ3n) is 4.09. The van der Waals surface area contributed by atoms with Crippen LogP contribution in [0.5, 0.6) is 11.5 Å². The van der Waals surface area contributed by atoms with Crippen molar-refractivity contribution in [3.05, 3.63) is 77.9 Å². The molecule has 0 saturated carbocycles. The van der Waals surface area contributed by atoms with Gasteiger partial charge in [-0.15, -0.1) is 0 Å². The van der Waals surface area contributed by atoms with Gasteiger partial charge in [-0.3, -0.25) is 0 Å². The molecule has 0 radical (unpaired) electrons. The van der Waals surface area contributed by atoms with E-state index in [0.29, 0.717) is 14.3 Å². The Hall–Kier alpha value is -2.51. The molecule has 4 heteroatoms. The maximum absolute atomic E-state index is 10.4. The van der Waals surface area contributed by atoms with Crippen LogP contribution < -0.4 is 20.7 Å². The molecule has 3 nitrogen and oxygen atoms in total. The summed E-state index contributed by atoms with van der Waals surface area (Å²) in [4.78, 5) is 0. The first kappa shape index (κ1) is 17.3. The lowest BCUT2D eigenvalue weighted by atomic mass is 10.1. The van der Waals surface area contributed by atoms with Gasteiger partial charge in [0.2, 0.25) is 0 Å². The minimum atomic E-state index is 0.230. The summed E-state index contributed by atoms with van der Waals surface area (Å²) >= 11 is 0. The summed E-state index contributed by atoms with van der Waals surface area (Å²) in [6.07, 6.45) is 0. The second-order valence-corrected chi connectivity index (χ2v) is 7.10. The molecular weight excluding hydrogens is 329 g/mol. The second-order valence-electron chi connectivity index (χ2n) is 5.81. The zero-order chi connectivity index (χ0) is 17.6. The zero-order valence-corrected chi connectivity index (χ0v) is 15.4. The predicted molar refractivity (Wildman–Crippen MR) is 107 cm³/mol. The van der Waals surface area contributed by atoms with Gasteiger partial charge < -0.3 is 15.2 Å². The second kappa shape index (κ2) is 8.04. The Labute approximate surface area is 150 Å². The molecule has 3 rings (SSSR count). The van der Waals surface area contributed by atoms with Crippen molar-refractivity contribution >= 4 is 24.9 Å². The standard InChI is InChI=1S/C21H22NO2P/c1-15-8-6-9-16(14-22-17-10-4-3-5-11-17)21(15)25-19-13-7-12-18(24-2)20(19)23/h3-13,22-23,25H,14H2,1-2H3. The summed E-state index contributed by atoms with van der Waals surface area (Å²) in [7, 11) is 1.94. The molecule has 0 aliphatic carbocycles. The van der Waals surface area contributed by atoms with E-state index in [0.717, 1.165) is 17.5 Å². The van der Waals surface area contributed by atoms with Crippen LogP contribution in [0.25, 0.3) is 0 Å². The summed E-state index contributed by atoms with van der Waals surface area (Å²) in [6.45, 7) is 2.87. The van der Waals surface area contributed by atoms with Gasteiger partial charge in [-0.25, -0.2) is 0 Å². The lowest BCUT2D eigenvalue weighted by Crippen LogP contribution is -2.15. The highest BCUT2D eigenvalue weighted by Gasteiger charge is 2.12. The smallest absolute Gasteiger partial charge is 0.165 e. The molecule has 2 N–H and O–H groups in total. The van der Waals surface area contributed by atoms with E-state index in [1.54, 1.807) is 13.2 Å². The van der Waals surface area contributed by atoms with E-state index in [4.69, 9.17) is 4.74 Å². The predicted octanol–water partition coefficient (Wildman–Crippen LogP) is 3.95. The maximum atomic E-state index is 10.4.